The molecule has 0 aliphatic carbocycles. The van der Waals surface area contributed by atoms with Gasteiger partial charge in [-0.25, -0.2) is 4.57 Å². The molecule has 0 aromatic rings. The quantitative estimate of drug-likeness (QED) is 0.0197. The molecule has 0 heterocycles. The maximum Gasteiger partial charge on any atom is 0.472 e. The van der Waals surface area contributed by atoms with Crippen LogP contribution in [0.25, 0.3) is 0 Å². The van der Waals surface area contributed by atoms with Gasteiger partial charge in [-0.15, -0.1) is 0 Å². The highest BCUT2D eigenvalue weighted by Crippen LogP contribution is 2.43. The van der Waals surface area contributed by atoms with Gasteiger partial charge in [0.15, 0.2) is 6.10 Å². The Hall–Kier alpha value is -3.60. The first-order chi connectivity index (χ1) is 35.2. The van der Waals surface area contributed by atoms with Crippen molar-refractivity contribution in [3.05, 3.63) is 97.2 Å². The molecule has 72 heavy (non-hydrogen) atoms. The molecule has 0 aromatic heterocycles. The van der Waals surface area contributed by atoms with Crippen LogP contribution in [0.4, 0.5) is 0 Å². The summed E-state index contributed by atoms with van der Waals surface area (Å²) in [6, 6.07) is 0. The van der Waals surface area contributed by atoms with E-state index in [4.69, 9.17) is 23.3 Å². The third-order valence-corrected chi connectivity index (χ3v) is 12.4. The summed E-state index contributed by atoms with van der Waals surface area (Å²) in [7, 11) is -4.76. The molecular formula is C60H101O11P. The van der Waals surface area contributed by atoms with Crippen LogP contribution in [0, 0.1) is 0 Å². The van der Waals surface area contributed by atoms with Crippen molar-refractivity contribution in [2.45, 2.75) is 238 Å². The monoisotopic (exact) mass is 1030 g/mol. The molecule has 3 atom stereocenters. The van der Waals surface area contributed by atoms with Crippen molar-refractivity contribution in [3.63, 3.8) is 0 Å². The lowest BCUT2D eigenvalue weighted by molar-refractivity contribution is -0.161. The van der Waals surface area contributed by atoms with E-state index >= 15 is 0 Å². The lowest BCUT2D eigenvalue weighted by Crippen LogP contribution is -2.30. The zero-order valence-corrected chi connectivity index (χ0v) is 46.3. The second-order valence-electron chi connectivity index (χ2n) is 18.3. The summed E-state index contributed by atoms with van der Waals surface area (Å²) in [5.74, 6) is -1.53. The minimum Gasteiger partial charge on any atom is -0.462 e. The van der Waals surface area contributed by atoms with Gasteiger partial charge in [-0.05, 0) is 116 Å². The van der Waals surface area contributed by atoms with E-state index in [1.54, 1.807) is 0 Å². The van der Waals surface area contributed by atoms with Gasteiger partial charge in [0.2, 0.25) is 0 Å². The molecule has 11 nitrogen and oxygen atoms in total. The van der Waals surface area contributed by atoms with E-state index < -0.39 is 57.8 Å². The number of ether oxygens (including phenoxy) is 3. The average molecular weight is 1030 g/mol. The minimum atomic E-state index is -4.76. The van der Waals surface area contributed by atoms with Crippen molar-refractivity contribution < 1.29 is 52.2 Å². The first-order valence-electron chi connectivity index (χ1n) is 28.1. The predicted octanol–water partition coefficient (Wildman–Crippen LogP) is 16.5. The summed E-state index contributed by atoms with van der Waals surface area (Å²) >= 11 is 0. The van der Waals surface area contributed by atoms with Gasteiger partial charge < -0.3 is 24.2 Å². The third kappa shape index (κ3) is 51.3. The Labute approximate surface area is 438 Å². The third-order valence-electron chi connectivity index (χ3n) is 11.5. The number of allylic oxidation sites excluding steroid dienone is 16. The molecule has 412 valence electrons. The Kier molecular flexibility index (Phi) is 51.0. The van der Waals surface area contributed by atoms with Crippen LogP contribution in [0.1, 0.15) is 226 Å². The maximum absolute atomic E-state index is 12.9. The largest absolute Gasteiger partial charge is 0.472 e. The van der Waals surface area contributed by atoms with Crippen LogP contribution in [-0.4, -0.2) is 66.5 Å². The number of hydrogen-bond donors (Lipinski definition) is 2. The lowest BCUT2D eigenvalue weighted by Gasteiger charge is -2.21. The van der Waals surface area contributed by atoms with E-state index in [9.17, 15) is 28.9 Å². The van der Waals surface area contributed by atoms with Gasteiger partial charge in [0.25, 0.3) is 0 Å². The fraction of sp³-hybridized carbons (Fsp3) is 0.683. The highest BCUT2D eigenvalue weighted by Gasteiger charge is 2.28. The predicted molar refractivity (Wildman–Crippen MR) is 297 cm³/mol. The van der Waals surface area contributed by atoms with E-state index in [0.717, 1.165) is 148 Å². The molecule has 0 aliphatic rings. The molecule has 0 aliphatic heterocycles. The summed E-state index contributed by atoms with van der Waals surface area (Å²) < 4.78 is 39.4. The van der Waals surface area contributed by atoms with Crippen LogP contribution >= 0.6 is 7.82 Å². The Morgan fingerprint density at radius 3 is 1.11 bits per heavy atom. The summed E-state index contributed by atoms with van der Waals surface area (Å²) in [6.07, 6.45) is 62.2. The van der Waals surface area contributed by atoms with Crippen LogP contribution in [0.15, 0.2) is 97.2 Å². The maximum atomic E-state index is 12.9. The summed E-state index contributed by atoms with van der Waals surface area (Å²) in [5, 5.41) is 9.81. The van der Waals surface area contributed by atoms with Crippen LogP contribution in [0.3, 0.4) is 0 Å². The normalized spacial score (nSPS) is 14.1. The minimum absolute atomic E-state index is 0.139. The summed E-state index contributed by atoms with van der Waals surface area (Å²) in [4.78, 5) is 48.5. The first kappa shape index (κ1) is 68.4. The number of unbranched alkanes of at least 4 members (excludes halogenated alkanes) is 18. The van der Waals surface area contributed by atoms with E-state index in [1.165, 1.54) is 19.3 Å². The number of esters is 3. The molecule has 0 radical (unpaired) electrons. The smallest absolute Gasteiger partial charge is 0.462 e. The molecule has 0 spiro atoms. The van der Waals surface area contributed by atoms with Crippen LogP contribution < -0.4 is 0 Å². The second kappa shape index (κ2) is 53.7. The summed E-state index contributed by atoms with van der Waals surface area (Å²) in [5.41, 5.74) is 0. The van der Waals surface area contributed by atoms with E-state index in [-0.39, 0.29) is 25.9 Å². The first-order valence-corrected chi connectivity index (χ1v) is 29.6. The van der Waals surface area contributed by atoms with E-state index in [0.29, 0.717) is 19.3 Å². The number of carbonyl (C=O) groups excluding carboxylic acids is 3. The molecule has 3 unspecified atom stereocenters. The van der Waals surface area contributed by atoms with Crippen LogP contribution in [0.5, 0.6) is 0 Å². The molecule has 12 heteroatoms. The number of hydrogen-bond acceptors (Lipinski definition) is 10. The highest BCUT2D eigenvalue weighted by atomic mass is 31.2. The van der Waals surface area contributed by atoms with Crippen molar-refractivity contribution in [1.29, 1.82) is 0 Å². The highest BCUT2D eigenvalue weighted by molar-refractivity contribution is 7.47. The van der Waals surface area contributed by atoms with Crippen molar-refractivity contribution in [2.75, 3.05) is 26.4 Å². The Morgan fingerprint density at radius 1 is 0.403 bits per heavy atom. The molecule has 0 saturated heterocycles. The Balaban J connectivity index is 4.79. The number of aliphatic hydroxyl groups is 1. The number of rotatable bonds is 51. The van der Waals surface area contributed by atoms with Gasteiger partial charge in [0.05, 0.1) is 19.8 Å². The SMILES string of the molecule is CC/C=C\C/C=C\C/C=C\CCCCCCCC(=O)OCC(COP(=O)(O)OCC(CO)OC(=O)CCCCCCC/C=C\C/C=C\CCCCC)OC(=O)CCCCCCC/C=C\C/C=C\C/C=C\CC. The Morgan fingerprint density at radius 2 is 0.722 bits per heavy atom. The fourth-order valence-corrected chi connectivity index (χ4v) is 8.02. The van der Waals surface area contributed by atoms with Gasteiger partial charge in [-0.3, -0.25) is 23.4 Å². The standard InChI is InChI=1S/C60H101O11P/c1-4-7-10-13-16-19-22-25-28-31-34-37-40-43-46-49-58(62)67-53-57(71-60(64)51-48-45-42-39-36-33-30-27-24-21-18-15-12-9-6-3)55-69-72(65,66)68-54-56(52-61)70-59(63)50-47-44-41-38-35-32-29-26-23-20-17-14-11-8-5-2/h7,9-10,12,16-21,25-30,56-57,61H,4-6,8,11,13-15,22-24,31-55H2,1-3H3,(H,65,66)/b10-7-,12-9-,19-16-,20-17-,21-18-,28-25-,29-26-,30-27-. The molecule has 0 amide bonds. The Bertz CT molecular complexity index is 1580. The fourth-order valence-electron chi connectivity index (χ4n) is 7.24. The van der Waals surface area contributed by atoms with Gasteiger partial charge >= 0.3 is 25.7 Å². The lowest BCUT2D eigenvalue weighted by atomic mass is 10.1. The van der Waals surface area contributed by atoms with Crippen molar-refractivity contribution in [3.8, 4) is 0 Å². The molecule has 0 rings (SSSR count). The average Bonchev–Trinajstić information content (AvgIpc) is 3.37. The molecular weight excluding hydrogens is 928 g/mol. The number of aliphatic hydroxyl groups excluding tert-OH is 1. The van der Waals surface area contributed by atoms with E-state index in [1.807, 2.05) is 0 Å². The van der Waals surface area contributed by atoms with Gasteiger partial charge in [0.1, 0.15) is 12.7 Å². The number of phosphoric ester groups is 1. The van der Waals surface area contributed by atoms with Crippen LogP contribution in [0.2, 0.25) is 0 Å². The van der Waals surface area contributed by atoms with Crippen molar-refractivity contribution in [1.82, 2.24) is 0 Å². The molecule has 0 fully saturated rings. The molecule has 2 N–H and O–H groups in total. The topological polar surface area (TPSA) is 155 Å². The van der Waals surface area contributed by atoms with Crippen molar-refractivity contribution >= 4 is 25.7 Å². The number of carbonyl (C=O) groups is 3. The zero-order valence-electron chi connectivity index (χ0n) is 45.4. The van der Waals surface area contributed by atoms with Gasteiger partial charge in [-0.1, -0.05) is 189 Å². The summed E-state index contributed by atoms with van der Waals surface area (Å²) in [6.45, 7) is 4.33. The zero-order chi connectivity index (χ0) is 52.7. The van der Waals surface area contributed by atoms with E-state index in [2.05, 4.69) is 118 Å². The van der Waals surface area contributed by atoms with Crippen LogP contribution in [-0.2, 0) is 42.2 Å². The van der Waals surface area contributed by atoms with Crippen molar-refractivity contribution in [2.24, 2.45) is 0 Å². The van der Waals surface area contributed by atoms with Gasteiger partial charge in [0, 0.05) is 19.3 Å². The second-order valence-corrected chi connectivity index (χ2v) is 19.8. The molecule has 0 aromatic carbocycles. The molecule has 0 bridgehead atoms. The molecule has 0 saturated carbocycles. The van der Waals surface area contributed by atoms with Gasteiger partial charge in [-0.2, -0.15) is 0 Å². The number of phosphoric acid groups is 1.